The van der Waals surface area contributed by atoms with E-state index in [0.29, 0.717) is 17.0 Å². The quantitative estimate of drug-likeness (QED) is 0.461. The second-order valence-corrected chi connectivity index (χ2v) is 10.2. The Labute approximate surface area is 196 Å². The number of pyridine rings is 1. The van der Waals surface area contributed by atoms with Gasteiger partial charge in [0, 0.05) is 37.2 Å². The van der Waals surface area contributed by atoms with Crippen molar-refractivity contribution in [3.63, 3.8) is 0 Å². The van der Waals surface area contributed by atoms with Crippen molar-refractivity contribution in [1.29, 1.82) is 0 Å². The van der Waals surface area contributed by atoms with Crippen LogP contribution >= 0.6 is 11.6 Å². The standard InChI is InChI=1S/C26H32ClN5/c1-18-5-6-21(26(2,3)4)16-22(18)29-24-17-23(27)30-25(31-24)32-13-9-20(10-14-32)15-19-7-11-28-12-8-19/h5-8,11-12,16-17,20H,9-10,13-15H2,1-4H3,(H,29,30,31). The molecule has 0 amide bonds. The summed E-state index contributed by atoms with van der Waals surface area (Å²) in [5.41, 5.74) is 4.94. The Balaban J connectivity index is 1.46. The van der Waals surface area contributed by atoms with Gasteiger partial charge in [-0.25, -0.2) is 4.98 Å². The van der Waals surface area contributed by atoms with Crippen LogP contribution in [0.25, 0.3) is 0 Å². The molecule has 0 aliphatic carbocycles. The lowest BCUT2D eigenvalue weighted by atomic mass is 9.86. The summed E-state index contributed by atoms with van der Waals surface area (Å²) >= 11 is 6.39. The molecule has 1 N–H and O–H groups in total. The number of piperidine rings is 1. The number of halogens is 1. The average Bonchev–Trinajstić information content (AvgIpc) is 2.75. The Bertz CT molecular complexity index is 1050. The second-order valence-electron chi connectivity index (χ2n) is 9.77. The van der Waals surface area contributed by atoms with Gasteiger partial charge in [0.2, 0.25) is 5.95 Å². The molecule has 4 rings (SSSR count). The summed E-state index contributed by atoms with van der Waals surface area (Å²) in [6, 6.07) is 12.6. The summed E-state index contributed by atoms with van der Waals surface area (Å²) in [4.78, 5) is 15.7. The number of aromatic nitrogens is 3. The molecular weight excluding hydrogens is 418 g/mol. The summed E-state index contributed by atoms with van der Waals surface area (Å²) in [6.45, 7) is 10.6. The second kappa shape index (κ2) is 9.45. The Kier molecular flexibility index (Phi) is 6.66. The van der Waals surface area contributed by atoms with Gasteiger partial charge in [-0.2, -0.15) is 4.98 Å². The molecule has 3 heterocycles. The van der Waals surface area contributed by atoms with E-state index in [1.807, 2.05) is 12.4 Å². The summed E-state index contributed by atoms with van der Waals surface area (Å²) in [5.74, 6) is 2.10. The number of aryl methyl sites for hydroxylation is 1. The zero-order valence-electron chi connectivity index (χ0n) is 19.4. The smallest absolute Gasteiger partial charge is 0.228 e. The van der Waals surface area contributed by atoms with E-state index in [1.165, 1.54) is 16.7 Å². The van der Waals surface area contributed by atoms with Gasteiger partial charge in [-0.3, -0.25) is 4.98 Å². The molecule has 1 aromatic carbocycles. The fourth-order valence-corrected chi connectivity index (χ4v) is 4.34. The van der Waals surface area contributed by atoms with Gasteiger partial charge < -0.3 is 10.2 Å². The molecular formula is C26H32ClN5. The van der Waals surface area contributed by atoms with Crippen LogP contribution in [0.5, 0.6) is 0 Å². The highest BCUT2D eigenvalue weighted by Crippen LogP contribution is 2.30. The van der Waals surface area contributed by atoms with E-state index in [1.54, 1.807) is 6.07 Å². The minimum atomic E-state index is 0.0826. The van der Waals surface area contributed by atoms with Crippen molar-refractivity contribution < 1.29 is 0 Å². The first-order chi connectivity index (χ1) is 15.3. The van der Waals surface area contributed by atoms with Crippen LogP contribution in [0.4, 0.5) is 17.5 Å². The molecule has 2 aromatic heterocycles. The molecule has 5 nitrogen and oxygen atoms in total. The van der Waals surface area contributed by atoms with Gasteiger partial charge in [-0.15, -0.1) is 0 Å². The minimum Gasteiger partial charge on any atom is -0.341 e. The molecule has 0 bridgehead atoms. The van der Waals surface area contributed by atoms with Gasteiger partial charge in [0.05, 0.1) is 0 Å². The predicted molar refractivity (Wildman–Crippen MR) is 133 cm³/mol. The largest absolute Gasteiger partial charge is 0.341 e. The molecule has 0 saturated carbocycles. The molecule has 0 radical (unpaired) electrons. The monoisotopic (exact) mass is 449 g/mol. The van der Waals surface area contributed by atoms with E-state index in [0.717, 1.165) is 43.9 Å². The van der Waals surface area contributed by atoms with Gasteiger partial charge in [0.25, 0.3) is 0 Å². The third-order valence-electron chi connectivity index (χ3n) is 6.22. The first-order valence-corrected chi connectivity index (χ1v) is 11.7. The maximum absolute atomic E-state index is 6.39. The molecule has 0 atom stereocenters. The first kappa shape index (κ1) is 22.5. The Morgan fingerprint density at radius 2 is 1.75 bits per heavy atom. The Morgan fingerprint density at radius 1 is 1.03 bits per heavy atom. The number of hydrogen-bond acceptors (Lipinski definition) is 5. The molecule has 0 unspecified atom stereocenters. The molecule has 1 aliphatic heterocycles. The van der Waals surface area contributed by atoms with Gasteiger partial charge in [0.1, 0.15) is 11.0 Å². The van der Waals surface area contributed by atoms with Crippen molar-refractivity contribution >= 4 is 29.1 Å². The van der Waals surface area contributed by atoms with Crippen molar-refractivity contribution in [3.05, 3.63) is 70.6 Å². The Hall–Kier alpha value is -2.66. The van der Waals surface area contributed by atoms with Crippen LogP contribution in [-0.4, -0.2) is 28.0 Å². The molecule has 1 saturated heterocycles. The van der Waals surface area contributed by atoms with E-state index in [9.17, 15) is 0 Å². The summed E-state index contributed by atoms with van der Waals surface area (Å²) in [5, 5.41) is 3.94. The highest BCUT2D eigenvalue weighted by Gasteiger charge is 2.22. The van der Waals surface area contributed by atoms with E-state index >= 15 is 0 Å². The normalized spacial score (nSPS) is 15.1. The third-order valence-corrected chi connectivity index (χ3v) is 6.41. The maximum atomic E-state index is 6.39. The molecule has 3 aromatic rings. The molecule has 0 spiro atoms. The fraction of sp³-hybridized carbons (Fsp3) is 0.423. The molecule has 32 heavy (non-hydrogen) atoms. The molecule has 1 fully saturated rings. The SMILES string of the molecule is Cc1ccc(C(C)(C)C)cc1Nc1cc(Cl)nc(N2CCC(Cc3ccncc3)CC2)n1. The van der Waals surface area contributed by atoms with E-state index in [-0.39, 0.29) is 5.41 Å². The lowest BCUT2D eigenvalue weighted by molar-refractivity contribution is 0.400. The van der Waals surface area contributed by atoms with Crippen LogP contribution in [-0.2, 0) is 11.8 Å². The maximum Gasteiger partial charge on any atom is 0.228 e. The van der Waals surface area contributed by atoms with Crippen molar-refractivity contribution in [2.45, 2.75) is 52.4 Å². The first-order valence-electron chi connectivity index (χ1n) is 11.3. The fourth-order valence-electron chi connectivity index (χ4n) is 4.16. The molecule has 168 valence electrons. The number of anilines is 3. The molecule has 1 aliphatic rings. The van der Waals surface area contributed by atoms with Crippen molar-refractivity contribution in [2.24, 2.45) is 5.92 Å². The third kappa shape index (κ3) is 5.57. The zero-order chi connectivity index (χ0) is 22.7. The summed E-state index contributed by atoms with van der Waals surface area (Å²) in [7, 11) is 0. The van der Waals surface area contributed by atoms with Gasteiger partial charge in [0.15, 0.2) is 0 Å². The number of rotatable bonds is 5. The highest BCUT2D eigenvalue weighted by molar-refractivity contribution is 6.29. The van der Waals surface area contributed by atoms with Crippen LogP contribution in [0.15, 0.2) is 48.8 Å². The van der Waals surface area contributed by atoms with Crippen LogP contribution in [0.2, 0.25) is 5.15 Å². The minimum absolute atomic E-state index is 0.0826. The summed E-state index contributed by atoms with van der Waals surface area (Å²) in [6.07, 6.45) is 7.08. The van der Waals surface area contributed by atoms with Crippen molar-refractivity contribution in [1.82, 2.24) is 15.0 Å². The number of nitrogens with zero attached hydrogens (tertiary/aromatic N) is 4. The van der Waals surface area contributed by atoms with Gasteiger partial charge in [-0.1, -0.05) is 44.5 Å². The average molecular weight is 450 g/mol. The predicted octanol–water partition coefficient (Wildman–Crippen LogP) is 6.33. The van der Waals surface area contributed by atoms with E-state index in [2.05, 4.69) is 78.2 Å². The van der Waals surface area contributed by atoms with Crippen LogP contribution in [0.3, 0.4) is 0 Å². The lowest BCUT2D eigenvalue weighted by Crippen LogP contribution is -2.35. The van der Waals surface area contributed by atoms with E-state index in [4.69, 9.17) is 16.6 Å². The van der Waals surface area contributed by atoms with Crippen molar-refractivity contribution in [2.75, 3.05) is 23.3 Å². The molecule has 6 heteroatoms. The van der Waals surface area contributed by atoms with Gasteiger partial charge >= 0.3 is 0 Å². The number of nitrogens with one attached hydrogen (secondary N) is 1. The van der Waals surface area contributed by atoms with Crippen LogP contribution in [0.1, 0.15) is 50.3 Å². The lowest BCUT2D eigenvalue weighted by Gasteiger charge is -2.32. The number of hydrogen-bond donors (Lipinski definition) is 1. The summed E-state index contributed by atoms with van der Waals surface area (Å²) < 4.78 is 0. The Morgan fingerprint density at radius 3 is 2.44 bits per heavy atom. The van der Waals surface area contributed by atoms with E-state index < -0.39 is 0 Å². The zero-order valence-corrected chi connectivity index (χ0v) is 20.2. The number of benzene rings is 1. The van der Waals surface area contributed by atoms with Gasteiger partial charge in [-0.05, 0) is 72.4 Å². The van der Waals surface area contributed by atoms with Crippen molar-refractivity contribution in [3.8, 4) is 0 Å². The van der Waals surface area contributed by atoms with Crippen LogP contribution in [0, 0.1) is 12.8 Å². The topological polar surface area (TPSA) is 53.9 Å². The van der Waals surface area contributed by atoms with Crippen LogP contribution < -0.4 is 10.2 Å². The highest BCUT2D eigenvalue weighted by atomic mass is 35.5.